The molecule has 1 aromatic rings. The minimum atomic E-state index is -0.349. The number of methoxy groups -OCH3 is 1. The lowest BCUT2D eigenvalue weighted by molar-refractivity contribution is -0.135. The van der Waals surface area contributed by atoms with Gasteiger partial charge in [-0.15, -0.1) is 23.1 Å². The average Bonchev–Trinajstić information content (AvgIpc) is 2.77. The Balaban J connectivity index is 2.73. The van der Waals surface area contributed by atoms with E-state index in [4.69, 9.17) is 4.74 Å². The van der Waals surface area contributed by atoms with E-state index in [2.05, 4.69) is 10.1 Å². The summed E-state index contributed by atoms with van der Waals surface area (Å²) in [5, 5.41) is 6.89. The van der Waals surface area contributed by atoms with Crippen molar-refractivity contribution in [3.8, 4) is 5.75 Å². The zero-order valence-electron chi connectivity index (χ0n) is 9.98. The van der Waals surface area contributed by atoms with Crippen LogP contribution in [0.2, 0.25) is 0 Å². The van der Waals surface area contributed by atoms with E-state index in [1.807, 2.05) is 23.9 Å². The van der Waals surface area contributed by atoms with Gasteiger partial charge in [0.2, 0.25) is 0 Å². The summed E-state index contributed by atoms with van der Waals surface area (Å²) in [6.07, 6.45) is 3.45. The fraction of sp³-hybridized carbons (Fsp3) is 0.364. The molecule has 0 unspecified atom stereocenters. The lowest BCUT2D eigenvalue weighted by Crippen LogP contribution is -2.04. The number of hydrogen-bond acceptors (Lipinski definition) is 6. The predicted molar refractivity (Wildman–Crippen MR) is 72.7 cm³/mol. The summed E-state index contributed by atoms with van der Waals surface area (Å²) in [7, 11) is 1.36. The fourth-order valence-corrected chi connectivity index (χ4v) is 2.24. The first kappa shape index (κ1) is 13.9. The molecule has 0 saturated carbocycles. The molecule has 17 heavy (non-hydrogen) atoms. The Morgan fingerprint density at radius 3 is 2.94 bits per heavy atom. The van der Waals surface area contributed by atoms with Crippen molar-refractivity contribution in [3.05, 3.63) is 21.9 Å². The SMILES string of the molecule is CCOc1cscc1NC=C(SC)C(=O)OC. The molecule has 0 aliphatic rings. The van der Waals surface area contributed by atoms with Crippen molar-refractivity contribution in [2.45, 2.75) is 6.92 Å². The highest BCUT2D eigenvalue weighted by Gasteiger charge is 2.09. The molecule has 1 heterocycles. The summed E-state index contributed by atoms with van der Waals surface area (Å²) in [6.45, 7) is 2.54. The van der Waals surface area contributed by atoms with Gasteiger partial charge in [0.25, 0.3) is 0 Å². The first-order valence-electron chi connectivity index (χ1n) is 5.00. The molecule has 1 N–H and O–H groups in total. The first-order valence-corrected chi connectivity index (χ1v) is 7.17. The molecule has 0 spiro atoms. The van der Waals surface area contributed by atoms with Crippen LogP contribution in [0.5, 0.6) is 5.75 Å². The van der Waals surface area contributed by atoms with Crippen LogP contribution in [0, 0.1) is 0 Å². The second kappa shape index (κ2) is 7.24. The molecular weight excluding hydrogens is 258 g/mol. The second-order valence-electron chi connectivity index (χ2n) is 2.93. The van der Waals surface area contributed by atoms with E-state index in [-0.39, 0.29) is 5.97 Å². The predicted octanol–water partition coefficient (Wildman–Crippen LogP) is 2.94. The molecule has 0 radical (unpaired) electrons. The van der Waals surface area contributed by atoms with E-state index in [0.717, 1.165) is 11.4 Å². The van der Waals surface area contributed by atoms with E-state index in [9.17, 15) is 4.79 Å². The lowest BCUT2D eigenvalue weighted by Gasteiger charge is -2.06. The smallest absolute Gasteiger partial charge is 0.345 e. The molecule has 4 nitrogen and oxygen atoms in total. The number of thiophene rings is 1. The van der Waals surface area contributed by atoms with Crippen molar-refractivity contribution in [1.29, 1.82) is 0 Å². The number of esters is 1. The van der Waals surface area contributed by atoms with Gasteiger partial charge >= 0.3 is 5.97 Å². The fourth-order valence-electron chi connectivity index (χ4n) is 1.10. The standard InChI is InChI=1S/C11H15NO3S2/c1-4-15-9-7-17-6-8(9)12-5-10(16-3)11(13)14-2/h5-7,12H,4H2,1-3H3. The van der Waals surface area contributed by atoms with Crippen molar-refractivity contribution in [1.82, 2.24) is 0 Å². The molecule has 94 valence electrons. The quantitative estimate of drug-likeness (QED) is 0.638. The van der Waals surface area contributed by atoms with E-state index in [1.165, 1.54) is 30.2 Å². The van der Waals surface area contributed by atoms with Crippen LogP contribution in [0.4, 0.5) is 5.69 Å². The van der Waals surface area contributed by atoms with Crippen LogP contribution in [0.3, 0.4) is 0 Å². The minimum Gasteiger partial charge on any atom is -0.491 e. The minimum absolute atomic E-state index is 0.349. The van der Waals surface area contributed by atoms with Crippen LogP contribution >= 0.6 is 23.1 Å². The highest BCUT2D eigenvalue weighted by atomic mass is 32.2. The van der Waals surface area contributed by atoms with Crippen LogP contribution in [0.25, 0.3) is 0 Å². The highest BCUT2D eigenvalue weighted by molar-refractivity contribution is 8.03. The van der Waals surface area contributed by atoms with E-state index < -0.39 is 0 Å². The summed E-state index contributed by atoms with van der Waals surface area (Å²) in [6, 6.07) is 0. The van der Waals surface area contributed by atoms with E-state index in [0.29, 0.717) is 11.5 Å². The molecule has 6 heteroatoms. The third kappa shape index (κ3) is 3.98. The largest absolute Gasteiger partial charge is 0.491 e. The Morgan fingerprint density at radius 1 is 1.59 bits per heavy atom. The summed E-state index contributed by atoms with van der Waals surface area (Å²) in [5.74, 6) is 0.442. The highest BCUT2D eigenvalue weighted by Crippen LogP contribution is 2.29. The zero-order chi connectivity index (χ0) is 12.7. The van der Waals surface area contributed by atoms with Gasteiger partial charge in [0.1, 0.15) is 4.91 Å². The molecular formula is C11H15NO3S2. The molecule has 1 rings (SSSR count). The molecule has 0 amide bonds. The van der Waals surface area contributed by atoms with Gasteiger partial charge < -0.3 is 14.8 Å². The van der Waals surface area contributed by atoms with E-state index >= 15 is 0 Å². The summed E-state index contributed by atoms with van der Waals surface area (Å²) in [5.41, 5.74) is 0.854. The van der Waals surface area contributed by atoms with Gasteiger partial charge in [-0.25, -0.2) is 4.79 Å². The Kier molecular flexibility index (Phi) is 5.93. The maximum Gasteiger partial charge on any atom is 0.345 e. The topological polar surface area (TPSA) is 47.6 Å². The molecule has 0 bridgehead atoms. The third-order valence-electron chi connectivity index (χ3n) is 1.89. The Morgan fingerprint density at radius 2 is 2.35 bits per heavy atom. The van der Waals surface area contributed by atoms with Gasteiger partial charge in [0, 0.05) is 17.0 Å². The van der Waals surface area contributed by atoms with Gasteiger partial charge in [-0.3, -0.25) is 0 Å². The van der Waals surface area contributed by atoms with Crippen molar-refractivity contribution in [2.75, 3.05) is 25.3 Å². The molecule has 0 atom stereocenters. The van der Waals surface area contributed by atoms with Crippen LogP contribution < -0.4 is 10.1 Å². The lowest BCUT2D eigenvalue weighted by atomic mass is 10.4. The Bertz CT molecular complexity index is 401. The van der Waals surface area contributed by atoms with Gasteiger partial charge in [-0.05, 0) is 13.2 Å². The molecule has 0 aromatic carbocycles. The van der Waals surface area contributed by atoms with Crippen LogP contribution in [0.15, 0.2) is 21.9 Å². The van der Waals surface area contributed by atoms with Crippen LogP contribution in [-0.4, -0.2) is 25.9 Å². The molecule has 0 aliphatic heterocycles. The number of nitrogens with one attached hydrogen (secondary N) is 1. The Labute approximate surface area is 109 Å². The van der Waals surface area contributed by atoms with Crippen molar-refractivity contribution in [3.63, 3.8) is 0 Å². The Hall–Kier alpha value is -1.14. The number of thioether (sulfide) groups is 1. The maximum atomic E-state index is 11.3. The number of carbonyl (C=O) groups excluding carboxylic acids is 1. The van der Waals surface area contributed by atoms with Crippen LogP contribution in [0.1, 0.15) is 6.92 Å². The summed E-state index contributed by atoms with van der Waals surface area (Å²) < 4.78 is 10.1. The second-order valence-corrected chi connectivity index (χ2v) is 4.52. The molecule has 1 aromatic heterocycles. The van der Waals surface area contributed by atoms with E-state index in [1.54, 1.807) is 6.20 Å². The van der Waals surface area contributed by atoms with Crippen molar-refractivity contribution < 1.29 is 14.3 Å². The number of carbonyl (C=O) groups is 1. The number of rotatable bonds is 6. The maximum absolute atomic E-state index is 11.3. The summed E-state index contributed by atoms with van der Waals surface area (Å²) in [4.78, 5) is 11.8. The molecule has 0 saturated heterocycles. The van der Waals surface area contributed by atoms with Gasteiger partial charge in [0.05, 0.1) is 19.4 Å². The number of ether oxygens (including phenoxy) is 2. The first-order chi connectivity index (χ1) is 8.22. The molecule has 0 fully saturated rings. The normalized spacial score (nSPS) is 11.1. The van der Waals surface area contributed by atoms with Gasteiger partial charge in [0.15, 0.2) is 5.75 Å². The number of anilines is 1. The van der Waals surface area contributed by atoms with Crippen molar-refractivity contribution >= 4 is 34.8 Å². The monoisotopic (exact) mass is 273 g/mol. The zero-order valence-corrected chi connectivity index (χ0v) is 11.6. The van der Waals surface area contributed by atoms with Crippen LogP contribution in [-0.2, 0) is 9.53 Å². The third-order valence-corrected chi connectivity index (χ3v) is 3.34. The summed E-state index contributed by atoms with van der Waals surface area (Å²) >= 11 is 2.87. The molecule has 0 aliphatic carbocycles. The van der Waals surface area contributed by atoms with Gasteiger partial charge in [-0.1, -0.05) is 0 Å². The van der Waals surface area contributed by atoms with Crippen molar-refractivity contribution in [2.24, 2.45) is 0 Å². The number of hydrogen-bond donors (Lipinski definition) is 1. The van der Waals surface area contributed by atoms with Gasteiger partial charge in [-0.2, -0.15) is 0 Å². The average molecular weight is 273 g/mol.